The first-order chi connectivity index (χ1) is 7.15. The molecule has 0 nitrogen and oxygen atoms in total. The molecule has 0 heteroatoms. The molecule has 0 aliphatic heterocycles. The fraction of sp³-hybridized carbons (Fsp3) is 0.333. The summed E-state index contributed by atoms with van der Waals surface area (Å²) in [5.41, 5.74) is 2.78. The third kappa shape index (κ3) is 2.38. The largest absolute Gasteiger partial charge is 0.0625 e. The van der Waals surface area contributed by atoms with E-state index in [1.165, 1.54) is 28.3 Å². The van der Waals surface area contributed by atoms with Gasteiger partial charge in [0.05, 0.1) is 0 Å². The van der Waals surface area contributed by atoms with Crippen molar-refractivity contribution >= 4 is 10.8 Å². The number of fused-ring (bicyclic) bond motifs is 1. The molecule has 2 aromatic carbocycles. The molecule has 0 aromatic heterocycles. The minimum atomic E-state index is 0.729. The van der Waals surface area contributed by atoms with Gasteiger partial charge in [-0.15, -0.1) is 0 Å². The molecule has 0 spiro atoms. The van der Waals surface area contributed by atoms with Gasteiger partial charge in [0.1, 0.15) is 0 Å². The van der Waals surface area contributed by atoms with E-state index in [2.05, 4.69) is 57.2 Å². The Labute approximate surface area is 91.9 Å². The van der Waals surface area contributed by atoms with Crippen molar-refractivity contribution in [2.75, 3.05) is 0 Å². The smallest absolute Gasteiger partial charge is 0.0179 e. The van der Waals surface area contributed by atoms with Crippen LogP contribution in [0, 0.1) is 12.8 Å². The summed E-state index contributed by atoms with van der Waals surface area (Å²) in [7, 11) is 0. The average molecular weight is 198 g/mol. The Hall–Kier alpha value is -1.30. The van der Waals surface area contributed by atoms with Crippen molar-refractivity contribution in [3.05, 3.63) is 47.5 Å². The van der Waals surface area contributed by atoms with Crippen LogP contribution in [0.3, 0.4) is 0 Å². The Kier molecular flexibility index (Phi) is 2.77. The van der Waals surface area contributed by atoms with Crippen LogP contribution in [0.2, 0.25) is 0 Å². The molecule has 0 bridgehead atoms. The van der Waals surface area contributed by atoms with Crippen LogP contribution in [0.4, 0.5) is 0 Å². The highest BCUT2D eigenvalue weighted by molar-refractivity contribution is 5.83. The van der Waals surface area contributed by atoms with E-state index >= 15 is 0 Å². The summed E-state index contributed by atoms with van der Waals surface area (Å²) < 4.78 is 0. The zero-order valence-corrected chi connectivity index (χ0v) is 9.75. The first-order valence-corrected chi connectivity index (χ1v) is 5.64. The number of hydrogen-bond acceptors (Lipinski definition) is 0. The predicted octanol–water partition coefficient (Wildman–Crippen LogP) is 4.35. The van der Waals surface area contributed by atoms with Crippen molar-refractivity contribution in [2.45, 2.75) is 27.2 Å². The summed E-state index contributed by atoms with van der Waals surface area (Å²) in [6, 6.07) is 13.4. The van der Waals surface area contributed by atoms with E-state index in [0.717, 1.165) is 5.92 Å². The number of aryl methyl sites for hydroxylation is 1. The minimum Gasteiger partial charge on any atom is -0.0625 e. The molecule has 0 amide bonds. The van der Waals surface area contributed by atoms with Crippen LogP contribution in [-0.4, -0.2) is 0 Å². The summed E-state index contributed by atoms with van der Waals surface area (Å²) in [4.78, 5) is 0. The Morgan fingerprint density at radius 2 is 1.67 bits per heavy atom. The van der Waals surface area contributed by atoms with Gasteiger partial charge < -0.3 is 0 Å². The maximum Gasteiger partial charge on any atom is -0.0179 e. The summed E-state index contributed by atoms with van der Waals surface area (Å²) >= 11 is 0. The van der Waals surface area contributed by atoms with E-state index in [-0.39, 0.29) is 0 Å². The quantitative estimate of drug-likeness (QED) is 0.673. The first kappa shape index (κ1) is 10.2. The van der Waals surface area contributed by atoms with Crippen molar-refractivity contribution in [3.8, 4) is 0 Å². The van der Waals surface area contributed by atoms with E-state index in [9.17, 15) is 0 Å². The van der Waals surface area contributed by atoms with Gasteiger partial charge in [-0.05, 0) is 35.6 Å². The maximum absolute atomic E-state index is 2.32. The van der Waals surface area contributed by atoms with Crippen LogP contribution >= 0.6 is 0 Å². The van der Waals surface area contributed by atoms with Gasteiger partial charge in [-0.25, -0.2) is 0 Å². The lowest BCUT2D eigenvalue weighted by molar-refractivity contribution is 0.648. The number of hydrogen-bond donors (Lipinski definition) is 0. The molecule has 0 radical (unpaired) electrons. The number of benzene rings is 2. The molecule has 0 saturated carbocycles. The monoisotopic (exact) mass is 198 g/mol. The minimum absolute atomic E-state index is 0.729. The van der Waals surface area contributed by atoms with E-state index in [1.807, 2.05) is 0 Å². The van der Waals surface area contributed by atoms with Crippen molar-refractivity contribution in [2.24, 2.45) is 5.92 Å². The third-order valence-electron chi connectivity index (χ3n) is 2.70. The molecule has 2 rings (SSSR count). The molecular weight excluding hydrogens is 180 g/mol. The molecule has 15 heavy (non-hydrogen) atoms. The fourth-order valence-corrected chi connectivity index (χ4v) is 2.01. The Balaban J connectivity index is 2.45. The lowest BCUT2D eigenvalue weighted by Crippen LogP contribution is -1.93. The maximum atomic E-state index is 2.32. The van der Waals surface area contributed by atoms with Gasteiger partial charge in [-0.1, -0.05) is 55.8 Å². The molecule has 0 aliphatic rings. The van der Waals surface area contributed by atoms with Gasteiger partial charge in [-0.2, -0.15) is 0 Å². The van der Waals surface area contributed by atoms with Gasteiger partial charge in [0.25, 0.3) is 0 Å². The predicted molar refractivity (Wildman–Crippen MR) is 67.2 cm³/mol. The summed E-state index contributed by atoms with van der Waals surface area (Å²) in [6.07, 6.45) is 1.17. The van der Waals surface area contributed by atoms with E-state index in [1.54, 1.807) is 0 Å². The van der Waals surface area contributed by atoms with Crippen LogP contribution in [-0.2, 0) is 6.42 Å². The summed E-state index contributed by atoms with van der Waals surface area (Å²) in [5, 5.41) is 2.71. The van der Waals surface area contributed by atoms with E-state index in [0.29, 0.717) is 0 Å². The molecule has 78 valence electrons. The second-order valence-electron chi connectivity index (χ2n) is 4.78. The zero-order chi connectivity index (χ0) is 10.8. The molecule has 0 aliphatic carbocycles. The lowest BCUT2D eigenvalue weighted by atomic mass is 9.99. The van der Waals surface area contributed by atoms with Gasteiger partial charge in [0.15, 0.2) is 0 Å². The molecule has 0 saturated heterocycles. The Morgan fingerprint density at radius 1 is 0.933 bits per heavy atom. The van der Waals surface area contributed by atoms with Crippen LogP contribution in [0.25, 0.3) is 10.8 Å². The van der Waals surface area contributed by atoms with Gasteiger partial charge in [0, 0.05) is 0 Å². The molecule has 2 aromatic rings. The first-order valence-electron chi connectivity index (χ1n) is 5.64. The average Bonchev–Trinajstić information content (AvgIpc) is 2.16. The summed E-state index contributed by atoms with van der Waals surface area (Å²) in [5.74, 6) is 0.729. The third-order valence-corrected chi connectivity index (χ3v) is 2.70. The van der Waals surface area contributed by atoms with Crippen LogP contribution < -0.4 is 0 Å². The van der Waals surface area contributed by atoms with Crippen molar-refractivity contribution < 1.29 is 0 Å². The molecule has 0 N–H and O–H groups in total. The van der Waals surface area contributed by atoms with Gasteiger partial charge >= 0.3 is 0 Å². The second-order valence-corrected chi connectivity index (χ2v) is 4.78. The van der Waals surface area contributed by atoms with Crippen LogP contribution in [0.1, 0.15) is 25.0 Å². The van der Waals surface area contributed by atoms with Crippen LogP contribution in [0.5, 0.6) is 0 Å². The molecule has 0 heterocycles. The zero-order valence-electron chi connectivity index (χ0n) is 9.75. The Morgan fingerprint density at radius 3 is 2.40 bits per heavy atom. The summed E-state index contributed by atoms with van der Waals surface area (Å²) in [6.45, 7) is 6.68. The standard InChI is InChI=1S/C15H18/c1-11(2)8-13-5-7-14-6-4-12(3)9-15(14)10-13/h4-7,9-11H,8H2,1-3H3. The topological polar surface area (TPSA) is 0 Å². The molecule has 0 atom stereocenters. The normalized spacial score (nSPS) is 11.2. The van der Waals surface area contributed by atoms with Gasteiger partial charge in [-0.3, -0.25) is 0 Å². The fourth-order valence-electron chi connectivity index (χ4n) is 2.01. The number of rotatable bonds is 2. The molecule has 0 unspecified atom stereocenters. The highest BCUT2D eigenvalue weighted by Crippen LogP contribution is 2.19. The van der Waals surface area contributed by atoms with Crippen molar-refractivity contribution in [1.82, 2.24) is 0 Å². The SMILES string of the molecule is Cc1ccc2ccc(CC(C)C)cc2c1. The molecular formula is C15H18. The highest BCUT2D eigenvalue weighted by Gasteiger charge is 1.99. The van der Waals surface area contributed by atoms with Crippen molar-refractivity contribution in [1.29, 1.82) is 0 Å². The van der Waals surface area contributed by atoms with Crippen molar-refractivity contribution in [3.63, 3.8) is 0 Å². The van der Waals surface area contributed by atoms with Gasteiger partial charge in [0.2, 0.25) is 0 Å². The van der Waals surface area contributed by atoms with E-state index < -0.39 is 0 Å². The van der Waals surface area contributed by atoms with Crippen LogP contribution in [0.15, 0.2) is 36.4 Å². The Bertz CT molecular complexity index is 466. The molecule has 0 fully saturated rings. The van der Waals surface area contributed by atoms with E-state index in [4.69, 9.17) is 0 Å². The lowest BCUT2D eigenvalue weighted by Gasteiger charge is -2.06. The highest BCUT2D eigenvalue weighted by atomic mass is 14.0. The second kappa shape index (κ2) is 4.06.